The predicted octanol–water partition coefficient (Wildman–Crippen LogP) is 2.34. The molecule has 6 heteroatoms. The molecule has 1 saturated heterocycles. The Kier molecular flexibility index (Phi) is 4.44. The number of nitrogens with zero attached hydrogens (tertiary/aromatic N) is 2. The molecule has 0 bridgehead atoms. The zero-order valence-electron chi connectivity index (χ0n) is 11.8. The summed E-state index contributed by atoms with van der Waals surface area (Å²) in [6.07, 6.45) is 1.65. The molecule has 110 valence electrons. The summed E-state index contributed by atoms with van der Waals surface area (Å²) in [6, 6.07) is 5.04. The molecule has 1 aliphatic rings. The predicted molar refractivity (Wildman–Crippen MR) is 76.3 cm³/mol. The Morgan fingerprint density at radius 3 is 2.90 bits per heavy atom. The van der Waals surface area contributed by atoms with Crippen molar-refractivity contribution in [2.24, 2.45) is 0 Å². The molecule has 2 rings (SSSR count). The molecule has 1 atom stereocenters. The highest BCUT2D eigenvalue weighted by atomic mass is 16.6. The SMILES string of the molecule is CC(C)Oc1cccc(N2CCCC2CO)c1[N+](=O)[O-]. The van der Waals surface area contributed by atoms with Crippen molar-refractivity contribution in [3.63, 3.8) is 0 Å². The molecule has 0 spiro atoms. The lowest BCUT2D eigenvalue weighted by molar-refractivity contribution is -0.385. The molecule has 1 unspecified atom stereocenters. The van der Waals surface area contributed by atoms with Crippen LogP contribution in [0.15, 0.2) is 18.2 Å². The van der Waals surface area contributed by atoms with Gasteiger partial charge in [0, 0.05) is 6.54 Å². The Morgan fingerprint density at radius 2 is 2.30 bits per heavy atom. The highest BCUT2D eigenvalue weighted by molar-refractivity contribution is 5.70. The number of nitro groups is 1. The second kappa shape index (κ2) is 6.09. The van der Waals surface area contributed by atoms with Crippen molar-refractivity contribution < 1.29 is 14.8 Å². The lowest BCUT2D eigenvalue weighted by Gasteiger charge is -2.25. The lowest BCUT2D eigenvalue weighted by atomic mass is 10.2. The van der Waals surface area contributed by atoms with Gasteiger partial charge in [0.25, 0.3) is 0 Å². The van der Waals surface area contributed by atoms with Gasteiger partial charge in [0.15, 0.2) is 5.75 Å². The van der Waals surface area contributed by atoms with Gasteiger partial charge >= 0.3 is 5.69 Å². The van der Waals surface area contributed by atoms with Crippen LogP contribution >= 0.6 is 0 Å². The van der Waals surface area contributed by atoms with E-state index in [0.717, 1.165) is 19.4 Å². The van der Waals surface area contributed by atoms with E-state index in [1.54, 1.807) is 18.2 Å². The van der Waals surface area contributed by atoms with Crippen LogP contribution in [-0.4, -0.2) is 35.3 Å². The van der Waals surface area contributed by atoms with Gasteiger partial charge in [-0.2, -0.15) is 0 Å². The molecule has 6 nitrogen and oxygen atoms in total. The number of hydrogen-bond donors (Lipinski definition) is 1. The maximum Gasteiger partial charge on any atom is 0.333 e. The fraction of sp³-hybridized carbons (Fsp3) is 0.571. The summed E-state index contributed by atoms with van der Waals surface area (Å²) in [6.45, 7) is 4.40. The molecule has 0 aromatic heterocycles. The molecule has 1 aliphatic heterocycles. The number of ether oxygens (including phenoxy) is 1. The summed E-state index contributed by atoms with van der Waals surface area (Å²) in [7, 11) is 0. The summed E-state index contributed by atoms with van der Waals surface area (Å²) < 4.78 is 5.54. The first-order valence-electron chi connectivity index (χ1n) is 6.86. The fourth-order valence-corrected chi connectivity index (χ4v) is 2.62. The van der Waals surface area contributed by atoms with Gasteiger partial charge in [-0.05, 0) is 38.8 Å². The Bertz CT molecular complexity index is 490. The van der Waals surface area contributed by atoms with Crippen LogP contribution in [0.1, 0.15) is 26.7 Å². The van der Waals surface area contributed by atoms with E-state index in [9.17, 15) is 15.2 Å². The van der Waals surface area contributed by atoms with Crippen LogP contribution in [0.25, 0.3) is 0 Å². The van der Waals surface area contributed by atoms with Crippen LogP contribution < -0.4 is 9.64 Å². The van der Waals surface area contributed by atoms with Gasteiger partial charge in [0.2, 0.25) is 0 Å². The Labute approximate surface area is 118 Å². The Morgan fingerprint density at radius 1 is 1.55 bits per heavy atom. The number of rotatable bonds is 5. The highest BCUT2D eigenvalue weighted by Crippen LogP contribution is 2.40. The van der Waals surface area contributed by atoms with Crippen LogP contribution in [-0.2, 0) is 0 Å². The summed E-state index contributed by atoms with van der Waals surface area (Å²) in [4.78, 5) is 12.9. The maximum atomic E-state index is 11.4. The number of aliphatic hydroxyl groups excluding tert-OH is 1. The molecule has 1 heterocycles. The van der Waals surface area contributed by atoms with Crippen LogP contribution in [0.4, 0.5) is 11.4 Å². The molecule has 1 aromatic carbocycles. The summed E-state index contributed by atoms with van der Waals surface area (Å²) in [5, 5.41) is 20.8. The smallest absolute Gasteiger partial charge is 0.333 e. The molecule has 0 radical (unpaired) electrons. The van der Waals surface area contributed by atoms with E-state index < -0.39 is 4.92 Å². The number of benzene rings is 1. The fourth-order valence-electron chi connectivity index (χ4n) is 2.62. The molecule has 1 fully saturated rings. The zero-order chi connectivity index (χ0) is 14.7. The van der Waals surface area contributed by atoms with Crippen LogP contribution in [0, 0.1) is 10.1 Å². The maximum absolute atomic E-state index is 11.4. The number of aliphatic hydroxyl groups is 1. The number of nitro benzene ring substituents is 1. The van der Waals surface area contributed by atoms with Crippen molar-refractivity contribution in [3.8, 4) is 5.75 Å². The lowest BCUT2D eigenvalue weighted by Crippen LogP contribution is -2.32. The molecular weight excluding hydrogens is 260 g/mol. The third-order valence-corrected chi connectivity index (χ3v) is 3.42. The standard InChI is InChI=1S/C14H20N2O4/c1-10(2)20-13-7-3-6-12(14(13)16(18)19)15-8-4-5-11(15)9-17/h3,6-7,10-11,17H,4-5,8-9H2,1-2H3. The molecule has 1 N–H and O–H groups in total. The number of hydrogen-bond acceptors (Lipinski definition) is 5. The molecule has 0 aliphatic carbocycles. The minimum absolute atomic E-state index is 0.00637. The first-order chi connectivity index (χ1) is 9.54. The van der Waals surface area contributed by atoms with Crippen LogP contribution in [0.5, 0.6) is 5.75 Å². The van der Waals surface area contributed by atoms with Crippen molar-refractivity contribution >= 4 is 11.4 Å². The largest absolute Gasteiger partial charge is 0.484 e. The minimum Gasteiger partial charge on any atom is -0.484 e. The van der Waals surface area contributed by atoms with E-state index in [1.807, 2.05) is 18.7 Å². The number of anilines is 1. The molecule has 20 heavy (non-hydrogen) atoms. The first kappa shape index (κ1) is 14.6. The third-order valence-electron chi connectivity index (χ3n) is 3.42. The quantitative estimate of drug-likeness (QED) is 0.662. The normalized spacial score (nSPS) is 18.6. The van der Waals surface area contributed by atoms with Crippen molar-refractivity contribution in [2.75, 3.05) is 18.1 Å². The van der Waals surface area contributed by atoms with Gasteiger partial charge in [-0.15, -0.1) is 0 Å². The average molecular weight is 280 g/mol. The molecule has 0 amide bonds. The van der Waals surface area contributed by atoms with Gasteiger partial charge in [-0.25, -0.2) is 0 Å². The Hall–Kier alpha value is -1.82. The summed E-state index contributed by atoms with van der Waals surface area (Å²) >= 11 is 0. The molecule has 1 aromatic rings. The van der Waals surface area contributed by atoms with Gasteiger partial charge in [-0.1, -0.05) is 6.07 Å². The van der Waals surface area contributed by atoms with E-state index in [0.29, 0.717) is 5.69 Å². The zero-order valence-corrected chi connectivity index (χ0v) is 11.8. The Balaban J connectivity index is 2.44. The van der Waals surface area contributed by atoms with Crippen molar-refractivity contribution in [2.45, 2.75) is 38.8 Å². The van der Waals surface area contributed by atoms with Gasteiger partial charge in [-0.3, -0.25) is 10.1 Å². The average Bonchev–Trinajstić information content (AvgIpc) is 2.85. The topological polar surface area (TPSA) is 75.8 Å². The molecule has 0 saturated carbocycles. The second-order valence-corrected chi connectivity index (χ2v) is 5.22. The van der Waals surface area contributed by atoms with E-state index in [4.69, 9.17) is 4.74 Å². The highest BCUT2D eigenvalue weighted by Gasteiger charge is 2.31. The van der Waals surface area contributed by atoms with E-state index in [2.05, 4.69) is 0 Å². The second-order valence-electron chi connectivity index (χ2n) is 5.22. The minimum atomic E-state index is -0.403. The van der Waals surface area contributed by atoms with E-state index in [-0.39, 0.29) is 30.2 Å². The van der Waals surface area contributed by atoms with Gasteiger partial charge in [0.05, 0.1) is 23.7 Å². The van der Waals surface area contributed by atoms with Crippen LogP contribution in [0.2, 0.25) is 0 Å². The monoisotopic (exact) mass is 280 g/mol. The van der Waals surface area contributed by atoms with Gasteiger partial charge in [0.1, 0.15) is 5.69 Å². The number of para-hydroxylation sites is 1. The van der Waals surface area contributed by atoms with E-state index in [1.165, 1.54) is 0 Å². The van der Waals surface area contributed by atoms with Crippen LogP contribution in [0.3, 0.4) is 0 Å². The van der Waals surface area contributed by atoms with E-state index >= 15 is 0 Å². The van der Waals surface area contributed by atoms with Crippen molar-refractivity contribution in [1.82, 2.24) is 0 Å². The summed E-state index contributed by atoms with van der Waals surface area (Å²) in [5.41, 5.74) is 0.520. The first-order valence-corrected chi connectivity index (χ1v) is 6.86. The third kappa shape index (κ3) is 2.85. The molecular formula is C14H20N2O4. The summed E-state index contributed by atoms with van der Waals surface area (Å²) in [5.74, 6) is 0.283. The van der Waals surface area contributed by atoms with Gasteiger partial charge < -0.3 is 14.7 Å². The van der Waals surface area contributed by atoms with Crippen molar-refractivity contribution in [3.05, 3.63) is 28.3 Å². The van der Waals surface area contributed by atoms with Crippen molar-refractivity contribution in [1.29, 1.82) is 0 Å².